The van der Waals surface area contributed by atoms with Crippen LogP contribution in [0.15, 0.2) is 47.4 Å². The predicted octanol–water partition coefficient (Wildman–Crippen LogP) is 3.59. The van der Waals surface area contributed by atoms with Crippen molar-refractivity contribution in [3.63, 3.8) is 0 Å². The highest BCUT2D eigenvalue weighted by Gasteiger charge is 2.04. The van der Waals surface area contributed by atoms with Gasteiger partial charge in [-0.15, -0.1) is 11.8 Å². The van der Waals surface area contributed by atoms with Crippen molar-refractivity contribution >= 4 is 11.8 Å². The minimum atomic E-state index is -0.270. The summed E-state index contributed by atoms with van der Waals surface area (Å²) in [6, 6.07) is 12.5. The monoisotopic (exact) mass is 277 g/mol. The van der Waals surface area contributed by atoms with Crippen LogP contribution in [-0.2, 0) is 13.2 Å². The second kappa shape index (κ2) is 6.59. The van der Waals surface area contributed by atoms with Gasteiger partial charge >= 0.3 is 0 Å². The summed E-state index contributed by atoms with van der Waals surface area (Å²) in [6.07, 6.45) is 2.03. The lowest BCUT2D eigenvalue weighted by atomic mass is 10.1. The van der Waals surface area contributed by atoms with Crippen LogP contribution >= 0.6 is 11.8 Å². The minimum Gasteiger partial charge on any atom is -0.489 e. The molecule has 0 aliphatic heterocycles. The van der Waals surface area contributed by atoms with E-state index in [0.29, 0.717) is 13.2 Å². The van der Waals surface area contributed by atoms with E-state index in [1.807, 2.05) is 30.5 Å². The third-order valence-corrected chi connectivity index (χ3v) is 3.59. The molecule has 0 fully saturated rings. The van der Waals surface area contributed by atoms with Gasteiger partial charge < -0.3 is 10.5 Å². The van der Waals surface area contributed by atoms with Crippen molar-refractivity contribution in [3.8, 4) is 5.75 Å². The van der Waals surface area contributed by atoms with Crippen LogP contribution in [0.25, 0.3) is 0 Å². The number of halogens is 1. The Morgan fingerprint density at radius 2 is 1.84 bits per heavy atom. The lowest BCUT2D eigenvalue weighted by Gasteiger charge is -2.10. The third kappa shape index (κ3) is 3.72. The quantitative estimate of drug-likeness (QED) is 0.848. The van der Waals surface area contributed by atoms with Crippen molar-refractivity contribution in [2.24, 2.45) is 5.73 Å². The molecule has 0 spiro atoms. The van der Waals surface area contributed by atoms with Crippen LogP contribution in [0.3, 0.4) is 0 Å². The van der Waals surface area contributed by atoms with Crippen LogP contribution in [0.5, 0.6) is 5.75 Å². The normalized spacial score (nSPS) is 10.5. The number of nitrogens with two attached hydrogens (primary N) is 1. The first-order valence-electron chi connectivity index (χ1n) is 5.97. The molecule has 19 heavy (non-hydrogen) atoms. The van der Waals surface area contributed by atoms with Crippen LogP contribution in [-0.4, -0.2) is 6.26 Å². The standard InChI is InChI=1S/C15H16FNOS/c1-19-15-6-4-14(5-7-15)18-10-11-2-3-13(16)8-12(11)9-17/h2-8H,9-10,17H2,1H3. The Hall–Kier alpha value is -1.52. The van der Waals surface area contributed by atoms with E-state index in [2.05, 4.69) is 0 Å². The first-order chi connectivity index (χ1) is 9.22. The summed E-state index contributed by atoms with van der Waals surface area (Å²) in [5.74, 6) is 0.526. The zero-order valence-corrected chi connectivity index (χ0v) is 11.5. The maximum Gasteiger partial charge on any atom is 0.123 e. The van der Waals surface area contributed by atoms with E-state index in [9.17, 15) is 4.39 Å². The maximum absolute atomic E-state index is 13.1. The van der Waals surface area contributed by atoms with Gasteiger partial charge in [0.2, 0.25) is 0 Å². The SMILES string of the molecule is CSc1ccc(OCc2ccc(F)cc2CN)cc1. The van der Waals surface area contributed by atoms with E-state index < -0.39 is 0 Å². The molecule has 2 rings (SSSR count). The molecular formula is C15H16FNOS. The molecule has 2 aromatic rings. The van der Waals surface area contributed by atoms with Crippen molar-refractivity contribution in [2.45, 2.75) is 18.0 Å². The fourth-order valence-corrected chi connectivity index (χ4v) is 2.17. The molecule has 0 bridgehead atoms. The Balaban J connectivity index is 2.05. The summed E-state index contributed by atoms with van der Waals surface area (Å²) in [5.41, 5.74) is 7.29. The number of rotatable bonds is 5. The molecule has 0 amide bonds. The molecule has 0 radical (unpaired) electrons. The molecule has 0 aromatic heterocycles. The average molecular weight is 277 g/mol. The van der Waals surface area contributed by atoms with Crippen LogP contribution in [0.2, 0.25) is 0 Å². The number of ether oxygens (including phenoxy) is 1. The van der Waals surface area contributed by atoms with Gasteiger partial charge in [0.1, 0.15) is 18.2 Å². The van der Waals surface area contributed by atoms with Gasteiger partial charge in [0.15, 0.2) is 0 Å². The van der Waals surface area contributed by atoms with Gasteiger partial charge in [-0.3, -0.25) is 0 Å². The minimum absolute atomic E-state index is 0.270. The zero-order chi connectivity index (χ0) is 13.7. The number of benzene rings is 2. The lowest BCUT2D eigenvalue weighted by Crippen LogP contribution is -2.05. The van der Waals surface area contributed by atoms with Crippen LogP contribution in [0.4, 0.5) is 4.39 Å². The summed E-state index contributed by atoms with van der Waals surface area (Å²) in [4.78, 5) is 1.19. The second-order valence-electron chi connectivity index (χ2n) is 4.08. The largest absolute Gasteiger partial charge is 0.489 e. The summed E-state index contributed by atoms with van der Waals surface area (Å²) in [7, 11) is 0. The van der Waals surface area contributed by atoms with Gasteiger partial charge in [0, 0.05) is 11.4 Å². The second-order valence-corrected chi connectivity index (χ2v) is 4.96. The molecule has 2 N–H and O–H groups in total. The molecule has 100 valence electrons. The van der Waals surface area contributed by atoms with E-state index in [1.54, 1.807) is 17.8 Å². The molecule has 0 saturated carbocycles. The number of hydrogen-bond acceptors (Lipinski definition) is 3. The summed E-state index contributed by atoms with van der Waals surface area (Å²) in [5, 5.41) is 0. The smallest absolute Gasteiger partial charge is 0.123 e. The highest BCUT2D eigenvalue weighted by Crippen LogP contribution is 2.20. The number of hydrogen-bond donors (Lipinski definition) is 1. The summed E-state index contributed by atoms with van der Waals surface area (Å²) < 4.78 is 18.8. The zero-order valence-electron chi connectivity index (χ0n) is 10.7. The Kier molecular flexibility index (Phi) is 4.82. The molecule has 0 saturated heterocycles. The van der Waals surface area contributed by atoms with Crippen molar-refractivity contribution in [1.82, 2.24) is 0 Å². The number of thioether (sulfide) groups is 1. The molecule has 2 nitrogen and oxygen atoms in total. The van der Waals surface area contributed by atoms with Gasteiger partial charge in [0.05, 0.1) is 0 Å². The van der Waals surface area contributed by atoms with E-state index >= 15 is 0 Å². The molecule has 4 heteroatoms. The van der Waals surface area contributed by atoms with Gasteiger partial charge in [-0.05, 0) is 53.8 Å². The molecule has 0 heterocycles. The fourth-order valence-electron chi connectivity index (χ4n) is 1.76. The molecule has 0 aliphatic rings. The van der Waals surface area contributed by atoms with E-state index in [0.717, 1.165) is 16.9 Å². The third-order valence-electron chi connectivity index (χ3n) is 2.84. The van der Waals surface area contributed by atoms with E-state index in [1.165, 1.54) is 17.0 Å². The molecular weight excluding hydrogens is 261 g/mol. The predicted molar refractivity (Wildman–Crippen MR) is 76.8 cm³/mol. The fraction of sp³-hybridized carbons (Fsp3) is 0.200. The van der Waals surface area contributed by atoms with Crippen molar-refractivity contribution < 1.29 is 9.13 Å². The Morgan fingerprint density at radius 3 is 2.47 bits per heavy atom. The van der Waals surface area contributed by atoms with Crippen molar-refractivity contribution in [1.29, 1.82) is 0 Å². The Bertz CT molecular complexity index is 542. The molecule has 2 aromatic carbocycles. The summed E-state index contributed by atoms with van der Waals surface area (Å²) in [6.45, 7) is 0.702. The Labute approximate surface area is 116 Å². The van der Waals surface area contributed by atoms with Gasteiger partial charge in [-0.1, -0.05) is 6.07 Å². The topological polar surface area (TPSA) is 35.2 Å². The molecule has 0 unspecified atom stereocenters. The summed E-state index contributed by atoms with van der Waals surface area (Å²) >= 11 is 1.69. The molecule has 0 atom stereocenters. The van der Waals surface area contributed by atoms with Gasteiger partial charge in [-0.2, -0.15) is 0 Å². The van der Waals surface area contributed by atoms with Crippen LogP contribution in [0.1, 0.15) is 11.1 Å². The molecule has 0 aliphatic carbocycles. The average Bonchev–Trinajstić information content (AvgIpc) is 2.46. The highest BCUT2D eigenvalue weighted by molar-refractivity contribution is 7.98. The van der Waals surface area contributed by atoms with Gasteiger partial charge in [0.25, 0.3) is 0 Å². The van der Waals surface area contributed by atoms with Crippen LogP contribution < -0.4 is 10.5 Å². The van der Waals surface area contributed by atoms with E-state index in [-0.39, 0.29) is 5.82 Å². The lowest BCUT2D eigenvalue weighted by molar-refractivity contribution is 0.304. The van der Waals surface area contributed by atoms with E-state index in [4.69, 9.17) is 10.5 Å². The van der Waals surface area contributed by atoms with Crippen molar-refractivity contribution in [2.75, 3.05) is 6.26 Å². The van der Waals surface area contributed by atoms with Gasteiger partial charge in [-0.25, -0.2) is 4.39 Å². The van der Waals surface area contributed by atoms with Crippen LogP contribution in [0, 0.1) is 5.82 Å². The van der Waals surface area contributed by atoms with Crippen molar-refractivity contribution in [3.05, 3.63) is 59.4 Å². The maximum atomic E-state index is 13.1. The highest BCUT2D eigenvalue weighted by atomic mass is 32.2. The first kappa shape index (κ1) is 13.9. The Morgan fingerprint density at radius 1 is 1.11 bits per heavy atom. The first-order valence-corrected chi connectivity index (χ1v) is 7.19.